The van der Waals surface area contributed by atoms with Crippen LogP contribution in [0.2, 0.25) is 5.02 Å². The molecule has 1 unspecified atom stereocenters. The van der Waals surface area contributed by atoms with Crippen molar-refractivity contribution in [1.29, 1.82) is 0 Å². The zero-order valence-electron chi connectivity index (χ0n) is 11.5. The number of ether oxygens (including phenoxy) is 1. The summed E-state index contributed by atoms with van der Waals surface area (Å²) in [6, 6.07) is 4.00. The highest BCUT2D eigenvalue weighted by atomic mass is 35.5. The monoisotopic (exact) mass is 313 g/mol. The van der Waals surface area contributed by atoms with Crippen molar-refractivity contribution < 1.29 is 24.5 Å². The van der Waals surface area contributed by atoms with E-state index >= 15 is 0 Å². The van der Waals surface area contributed by atoms with Crippen LogP contribution in [0.25, 0.3) is 0 Å². The quantitative estimate of drug-likeness (QED) is 0.868. The van der Waals surface area contributed by atoms with Crippen LogP contribution in [0.4, 0.5) is 0 Å². The first-order chi connectivity index (χ1) is 9.88. The normalized spacial score (nSPS) is 21.4. The van der Waals surface area contributed by atoms with Gasteiger partial charge in [-0.2, -0.15) is 0 Å². The Kier molecular flexibility index (Phi) is 4.69. The second-order valence-electron chi connectivity index (χ2n) is 4.99. The Labute approximate surface area is 126 Å². The van der Waals surface area contributed by atoms with Crippen molar-refractivity contribution >= 4 is 23.5 Å². The summed E-state index contributed by atoms with van der Waals surface area (Å²) in [5.74, 6) is -1.11. The number of likely N-dealkylation sites (tertiary alicyclic amines) is 1. The summed E-state index contributed by atoms with van der Waals surface area (Å²) in [5, 5.41) is 19.1. The number of aliphatic hydroxyl groups is 1. The molecule has 0 spiro atoms. The lowest BCUT2D eigenvalue weighted by Crippen LogP contribution is -2.42. The van der Waals surface area contributed by atoms with Crippen molar-refractivity contribution in [3.05, 3.63) is 28.8 Å². The first-order valence-corrected chi connectivity index (χ1v) is 6.85. The number of aryl methyl sites for hydroxylation is 1. The van der Waals surface area contributed by atoms with Crippen molar-refractivity contribution in [2.24, 2.45) is 0 Å². The maximum absolute atomic E-state index is 12.0. The number of carbonyl (C=O) groups is 2. The predicted octanol–water partition coefficient (Wildman–Crippen LogP) is 1.07. The molecule has 2 atom stereocenters. The molecule has 0 aliphatic carbocycles. The number of carboxylic acid groups (broad SMARTS) is 1. The molecule has 0 aromatic heterocycles. The number of β-amino-alcohol motifs (C(OH)–C–C–N with tert-alkyl or cyclic N) is 1. The third-order valence-corrected chi connectivity index (χ3v) is 3.80. The van der Waals surface area contributed by atoms with Gasteiger partial charge in [0.1, 0.15) is 11.8 Å². The van der Waals surface area contributed by atoms with Crippen molar-refractivity contribution in [1.82, 2.24) is 4.90 Å². The summed E-state index contributed by atoms with van der Waals surface area (Å²) in [6.45, 7) is 1.55. The van der Waals surface area contributed by atoms with E-state index in [9.17, 15) is 14.7 Å². The Morgan fingerprint density at radius 1 is 1.48 bits per heavy atom. The molecule has 6 nitrogen and oxygen atoms in total. The van der Waals surface area contributed by atoms with Crippen LogP contribution in [0.3, 0.4) is 0 Å². The number of hydrogen-bond donors (Lipinski definition) is 2. The molecule has 1 amide bonds. The number of carboxylic acids is 1. The largest absolute Gasteiger partial charge is 0.484 e. The highest BCUT2D eigenvalue weighted by molar-refractivity contribution is 6.31. The van der Waals surface area contributed by atoms with Crippen molar-refractivity contribution in [2.45, 2.75) is 25.5 Å². The predicted molar refractivity (Wildman–Crippen MR) is 75.4 cm³/mol. The minimum Gasteiger partial charge on any atom is -0.484 e. The lowest BCUT2D eigenvalue weighted by atomic mass is 10.2. The van der Waals surface area contributed by atoms with Gasteiger partial charge in [-0.05, 0) is 30.7 Å². The summed E-state index contributed by atoms with van der Waals surface area (Å²) >= 11 is 5.89. The Morgan fingerprint density at radius 2 is 2.19 bits per heavy atom. The van der Waals surface area contributed by atoms with E-state index in [0.717, 1.165) is 10.5 Å². The van der Waals surface area contributed by atoms with Crippen LogP contribution in [0, 0.1) is 6.92 Å². The van der Waals surface area contributed by atoms with Crippen LogP contribution in [0.15, 0.2) is 18.2 Å². The Bertz CT molecular complexity index is 562. The van der Waals surface area contributed by atoms with Crippen molar-refractivity contribution in [2.75, 3.05) is 13.2 Å². The standard InChI is InChI=1S/C14H16ClNO5/c1-8-4-10(2-3-11(8)15)21-7-13(18)16-6-9(17)5-12(16)14(19)20/h2-4,9,12,17H,5-7H2,1H3,(H,19,20)/t9?,12-/m0/s1. The molecule has 1 saturated heterocycles. The molecule has 2 rings (SSSR count). The SMILES string of the molecule is Cc1cc(OCC(=O)N2CC(O)C[C@H]2C(=O)O)ccc1Cl. The van der Waals surface area contributed by atoms with Crippen molar-refractivity contribution in [3.63, 3.8) is 0 Å². The van der Waals surface area contributed by atoms with Gasteiger partial charge in [-0.15, -0.1) is 0 Å². The van der Waals surface area contributed by atoms with E-state index in [2.05, 4.69) is 0 Å². The van der Waals surface area contributed by atoms with Gasteiger partial charge in [0.15, 0.2) is 6.61 Å². The number of hydrogen-bond acceptors (Lipinski definition) is 4. The number of amides is 1. The van der Waals surface area contributed by atoms with Crippen LogP contribution >= 0.6 is 11.6 Å². The number of aliphatic hydroxyl groups excluding tert-OH is 1. The van der Waals surface area contributed by atoms with E-state index in [-0.39, 0.29) is 19.6 Å². The summed E-state index contributed by atoms with van der Waals surface area (Å²) in [4.78, 5) is 24.2. The van der Waals surface area contributed by atoms with Crippen molar-refractivity contribution in [3.8, 4) is 5.75 Å². The second-order valence-corrected chi connectivity index (χ2v) is 5.40. The minimum absolute atomic E-state index is 0.0127. The first-order valence-electron chi connectivity index (χ1n) is 6.47. The van der Waals surface area contributed by atoms with Gasteiger partial charge >= 0.3 is 5.97 Å². The molecule has 7 heteroatoms. The molecule has 1 aromatic rings. The second kappa shape index (κ2) is 6.32. The van der Waals surface area contributed by atoms with Gasteiger partial charge in [-0.25, -0.2) is 4.79 Å². The van der Waals surface area contributed by atoms with Crippen LogP contribution in [-0.2, 0) is 9.59 Å². The van der Waals surface area contributed by atoms with E-state index in [4.69, 9.17) is 21.4 Å². The maximum Gasteiger partial charge on any atom is 0.326 e. The van der Waals surface area contributed by atoms with E-state index in [1.165, 1.54) is 0 Å². The van der Waals surface area contributed by atoms with E-state index in [0.29, 0.717) is 10.8 Å². The molecule has 114 valence electrons. The Hall–Kier alpha value is -1.79. The van der Waals surface area contributed by atoms with Crippen LogP contribution < -0.4 is 4.74 Å². The molecule has 21 heavy (non-hydrogen) atoms. The van der Waals surface area contributed by atoms with Gasteiger partial charge in [0.2, 0.25) is 0 Å². The highest BCUT2D eigenvalue weighted by Crippen LogP contribution is 2.22. The molecule has 0 bridgehead atoms. The fraction of sp³-hybridized carbons (Fsp3) is 0.429. The Morgan fingerprint density at radius 3 is 2.81 bits per heavy atom. The van der Waals surface area contributed by atoms with Gasteiger partial charge in [0, 0.05) is 18.0 Å². The molecular formula is C14H16ClNO5. The zero-order valence-corrected chi connectivity index (χ0v) is 12.2. The molecule has 1 aromatic carbocycles. The molecule has 0 radical (unpaired) electrons. The van der Waals surface area contributed by atoms with Gasteiger partial charge in [0.05, 0.1) is 6.10 Å². The third kappa shape index (κ3) is 3.65. The third-order valence-electron chi connectivity index (χ3n) is 3.38. The van der Waals surface area contributed by atoms with E-state index in [1.54, 1.807) is 18.2 Å². The van der Waals surface area contributed by atoms with E-state index < -0.39 is 24.0 Å². The molecule has 1 aliphatic rings. The molecule has 0 saturated carbocycles. The molecule has 1 aliphatic heterocycles. The minimum atomic E-state index is -1.12. The summed E-state index contributed by atoms with van der Waals surface area (Å²) in [6.07, 6.45) is -0.769. The molecule has 1 fully saturated rings. The number of aliphatic carboxylic acids is 1. The molecule has 2 N–H and O–H groups in total. The number of benzene rings is 1. The lowest BCUT2D eigenvalue weighted by molar-refractivity contribution is -0.148. The fourth-order valence-electron chi connectivity index (χ4n) is 2.26. The Balaban J connectivity index is 1.97. The number of halogens is 1. The van der Waals surface area contributed by atoms with Gasteiger partial charge in [0.25, 0.3) is 5.91 Å². The van der Waals surface area contributed by atoms with E-state index in [1.807, 2.05) is 6.92 Å². The molecular weight excluding hydrogens is 298 g/mol. The van der Waals surface area contributed by atoms with Crippen LogP contribution in [-0.4, -0.2) is 52.3 Å². The summed E-state index contributed by atoms with van der Waals surface area (Å²) in [7, 11) is 0. The topological polar surface area (TPSA) is 87.1 Å². The average molecular weight is 314 g/mol. The smallest absolute Gasteiger partial charge is 0.326 e. The maximum atomic E-state index is 12.0. The average Bonchev–Trinajstić information content (AvgIpc) is 2.82. The van der Waals surface area contributed by atoms with Gasteiger partial charge in [-0.1, -0.05) is 11.6 Å². The van der Waals surface area contributed by atoms with Gasteiger partial charge in [-0.3, -0.25) is 4.79 Å². The number of nitrogens with zero attached hydrogens (tertiary/aromatic N) is 1. The van der Waals surface area contributed by atoms with Gasteiger partial charge < -0.3 is 19.8 Å². The number of rotatable bonds is 4. The first kappa shape index (κ1) is 15.6. The zero-order chi connectivity index (χ0) is 15.6. The summed E-state index contributed by atoms with van der Waals surface area (Å²) in [5.41, 5.74) is 0.821. The summed E-state index contributed by atoms with van der Waals surface area (Å²) < 4.78 is 5.35. The number of carbonyl (C=O) groups excluding carboxylic acids is 1. The lowest BCUT2D eigenvalue weighted by Gasteiger charge is -2.21. The molecule has 1 heterocycles. The van der Waals surface area contributed by atoms with Crippen LogP contribution in [0.5, 0.6) is 5.75 Å². The highest BCUT2D eigenvalue weighted by Gasteiger charge is 2.38. The van der Waals surface area contributed by atoms with Crippen LogP contribution in [0.1, 0.15) is 12.0 Å². The fourth-order valence-corrected chi connectivity index (χ4v) is 2.38.